The molecule has 4 heteroatoms. The van der Waals surface area contributed by atoms with E-state index < -0.39 is 11.4 Å². The Morgan fingerprint density at radius 2 is 1.90 bits per heavy atom. The highest BCUT2D eigenvalue weighted by atomic mass is 35.5. The summed E-state index contributed by atoms with van der Waals surface area (Å²) in [5.74, 6) is -0.305. The molecule has 1 aliphatic rings. The summed E-state index contributed by atoms with van der Waals surface area (Å²) < 4.78 is 0. The number of carboxylic acid groups (broad SMARTS) is 1. The van der Waals surface area contributed by atoms with Crippen molar-refractivity contribution in [3.8, 4) is 0 Å². The van der Waals surface area contributed by atoms with Gasteiger partial charge >= 0.3 is 5.97 Å². The maximum absolute atomic E-state index is 11.8. The molecule has 1 aliphatic carbocycles. The number of hydrogen-bond donors (Lipinski definition) is 1. The molecule has 20 heavy (non-hydrogen) atoms. The molecular formula is C16H20Cl2O2. The number of rotatable bonds is 4. The lowest BCUT2D eigenvalue weighted by atomic mass is 9.72. The van der Waals surface area contributed by atoms with E-state index in [1.807, 2.05) is 0 Å². The molecule has 1 atom stereocenters. The van der Waals surface area contributed by atoms with Crippen LogP contribution < -0.4 is 0 Å². The van der Waals surface area contributed by atoms with Gasteiger partial charge in [-0.25, -0.2) is 0 Å². The monoisotopic (exact) mass is 314 g/mol. The van der Waals surface area contributed by atoms with E-state index >= 15 is 0 Å². The first-order valence-corrected chi connectivity index (χ1v) is 7.88. The van der Waals surface area contributed by atoms with Crippen molar-refractivity contribution in [3.05, 3.63) is 33.8 Å². The molecule has 1 aromatic rings. The third-order valence-electron chi connectivity index (χ3n) is 4.45. The normalized spacial score (nSPS) is 19.6. The van der Waals surface area contributed by atoms with Gasteiger partial charge in [-0.15, -0.1) is 0 Å². The molecule has 2 nitrogen and oxygen atoms in total. The van der Waals surface area contributed by atoms with E-state index in [2.05, 4.69) is 0 Å². The summed E-state index contributed by atoms with van der Waals surface area (Å²) in [6.45, 7) is 1.80. The van der Waals surface area contributed by atoms with E-state index in [0.29, 0.717) is 22.4 Å². The van der Waals surface area contributed by atoms with Crippen molar-refractivity contribution in [2.24, 2.45) is 5.92 Å². The first-order valence-electron chi connectivity index (χ1n) is 7.12. The fourth-order valence-electron chi connectivity index (χ4n) is 3.14. The fourth-order valence-corrected chi connectivity index (χ4v) is 3.43. The lowest BCUT2D eigenvalue weighted by Crippen LogP contribution is -2.35. The molecule has 0 bridgehead atoms. The smallest absolute Gasteiger partial charge is 0.313 e. The van der Waals surface area contributed by atoms with Crippen molar-refractivity contribution in [1.82, 2.24) is 0 Å². The van der Waals surface area contributed by atoms with Crippen LogP contribution in [-0.2, 0) is 10.2 Å². The molecule has 1 N–H and O–H groups in total. The Kier molecular flexibility index (Phi) is 4.98. The summed E-state index contributed by atoms with van der Waals surface area (Å²) in [6, 6.07) is 5.16. The minimum atomic E-state index is -0.893. The minimum Gasteiger partial charge on any atom is -0.481 e. The van der Waals surface area contributed by atoms with Gasteiger partial charge in [0.05, 0.1) is 15.5 Å². The summed E-state index contributed by atoms with van der Waals surface area (Å²) in [7, 11) is 0. The largest absolute Gasteiger partial charge is 0.481 e. The van der Waals surface area contributed by atoms with Crippen LogP contribution in [0.3, 0.4) is 0 Å². The van der Waals surface area contributed by atoms with Crippen molar-refractivity contribution in [2.45, 2.75) is 50.9 Å². The molecule has 0 amide bonds. The van der Waals surface area contributed by atoms with Gasteiger partial charge in [-0.2, -0.15) is 0 Å². The Morgan fingerprint density at radius 3 is 2.45 bits per heavy atom. The fraction of sp³-hybridized carbons (Fsp3) is 0.562. The van der Waals surface area contributed by atoms with Crippen LogP contribution in [0, 0.1) is 5.92 Å². The maximum Gasteiger partial charge on any atom is 0.313 e. The van der Waals surface area contributed by atoms with E-state index in [1.54, 1.807) is 25.1 Å². The molecule has 110 valence electrons. The van der Waals surface area contributed by atoms with Crippen LogP contribution in [-0.4, -0.2) is 11.1 Å². The number of carbonyl (C=O) groups is 1. The van der Waals surface area contributed by atoms with Crippen LogP contribution in [0.1, 0.15) is 51.0 Å². The molecule has 1 unspecified atom stereocenters. The second-order valence-electron chi connectivity index (χ2n) is 5.97. The first-order chi connectivity index (χ1) is 9.43. The summed E-state index contributed by atoms with van der Waals surface area (Å²) in [5, 5.41) is 10.6. The lowest BCUT2D eigenvalue weighted by Gasteiger charge is -2.32. The summed E-state index contributed by atoms with van der Waals surface area (Å²) in [6.07, 6.45) is 6.62. The third-order valence-corrected chi connectivity index (χ3v) is 5.19. The number of carboxylic acids is 1. The molecule has 0 aliphatic heterocycles. The molecule has 2 rings (SSSR count). The quantitative estimate of drug-likeness (QED) is 0.818. The molecule has 0 aromatic heterocycles. The Labute approximate surface area is 130 Å². The molecule has 1 fully saturated rings. The SMILES string of the molecule is CC(CC1CCCCC1)(C(=O)O)c1ccc(Cl)c(Cl)c1. The van der Waals surface area contributed by atoms with Gasteiger partial charge in [-0.1, -0.05) is 61.4 Å². The Balaban J connectivity index is 2.27. The minimum absolute atomic E-state index is 0.417. The van der Waals surface area contributed by atoms with E-state index in [0.717, 1.165) is 18.4 Å². The molecule has 0 saturated heterocycles. The molecule has 0 spiro atoms. The van der Waals surface area contributed by atoms with Gasteiger partial charge in [-0.3, -0.25) is 4.79 Å². The number of aliphatic carboxylic acids is 1. The second-order valence-corrected chi connectivity index (χ2v) is 6.79. The third kappa shape index (κ3) is 3.29. The first kappa shape index (κ1) is 15.7. The zero-order valence-electron chi connectivity index (χ0n) is 11.7. The topological polar surface area (TPSA) is 37.3 Å². The van der Waals surface area contributed by atoms with Crippen molar-refractivity contribution in [2.75, 3.05) is 0 Å². The molecule has 0 heterocycles. The van der Waals surface area contributed by atoms with Crippen LogP contribution in [0.2, 0.25) is 10.0 Å². The Bertz CT molecular complexity index is 495. The second kappa shape index (κ2) is 6.36. The average Bonchev–Trinajstić information content (AvgIpc) is 2.42. The predicted octanol–water partition coefficient (Wildman–Crippen LogP) is 5.31. The van der Waals surface area contributed by atoms with Gasteiger partial charge in [0.2, 0.25) is 0 Å². The van der Waals surface area contributed by atoms with Gasteiger partial charge in [0.1, 0.15) is 0 Å². The van der Waals surface area contributed by atoms with Crippen LogP contribution in [0.4, 0.5) is 0 Å². The molecule has 1 saturated carbocycles. The van der Waals surface area contributed by atoms with Crippen LogP contribution >= 0.6 is 23.2 Å². The zero-order chi connectivity index (χ0) is 14.8. The van der Waals surface area contributed by atoms with Crippen LogP contribution in [0.15, 0.2) is 18.2 Å². The average molecular weight is 315 g/mol. The van der Waals surface area contributed by atoms with Gasteiger partial charge in [0.15, 0.2) is 0 Å². The van der Waals surface area contributed by atoms with Crippen molar-refractivity contribution < 1.29 is 9.90 Å². The summed E-state index contributed by atoms with van der Waals surface area (Å²) >= 11 is 12.0. The summed E-state index contributed by atoms with van der Waals surface area (Å²) in [4.78, 5) is 11.8. The molecule has 1 aromatic carbocycles. The van der Waals surface area contributed by atoms with Gasteiger partial charge in [-0.05, 0) is 37.0 Å². The standard InChI is InChI=1S/C16H20Cl2O2/c1-16(15(19)20,10-11-5-3-2-4-6-11)12-7-8-13(17)14(18)9-12/h7-9,11H,2-6,10H2,1H3,(H,19,20). The maximum atomic E-state index is 11.8. The summed E-state index contributed by atoms with van der Waals surface area (Å²) in [5.41, 5.74) is -0.152. The van der Waals surface area contributed by atoms with E-state index in [-0.39, 0.29) is 0 Å². The van der Waals surface area contributed by atoms with Gasteiger partial charge in [0, 0.05) is 0 Å². The van der Waals surface area contributed by atoms with Gasteiger partial charge in [0.25, 0.3) is 0 Å². The number of halogens is 2. The highest BCUT2D eigenvalue weighted by Crippen LogP contribution is 2.39. The van der Waals surface area contributed by atoms with Crippen LogP contribution in [0.5, 0.6) is 0 Å². The Morgan fingerprint density at radius 1 is 1.25 bits per heavy atom. The van der Waals surface area contributed by atoms with Crippen molar-refractivity contribution >= 4 is 29.2 Å². The number of benzene rings is 1. The van der Waals surface area contributed by atoms with Gasteiger partial charge < -0.3 is 5.11 Å². The highest BCUT2D eigenvalue weighted by Gasteiger charge is 2.38. The lowest BCUT2D eigenvalue weighted by molar-refractivity contribution is -0.144. The van der Waals surface area contributed by atoms with E-state index in [4.69, 9.17) is 23.2 Å². The van der Waals surface area contributed by atoms with Crippen molar-refractivity contribution in [3.63, 3.8) is 0 Å². The molecule has 0 radical (unpaired) electrons. The molecular weight excluding hydrogens is 295 g/mol. The Hall–Kier alpha value is -0.730. The van der Waals surface area contributed by atoms with E-state index in [1.165, 1.54) is 19.3 Å². The highest BCUT2D eigenvalue weighted by molar-refractivity contribution is 6.42. The van der Waals surface area contributed by atoms with E-state index in [9.17, 15) is 9.90 Å². The van der Waals surface area contributed by atoms with Crippen molar-refractivity contribution in [1.29, 1.82) is 0 Å². The zero-order valence-corrected chi connectivity index (χ0v) is 13.2. The number of hydrogen-bond acceptors (Lipinski definition) is 1. The predicted molar refractivity (Wildman–Crippen MR) is 82.6 cm³/mol. The van der Waals surface area contributed by atoms with Crippen LogP contribution in [0.25, 0.3) is 0 Å².